The molecule has 2 heterocycles. The van der Waals surface area contributed by atoms with Gasteiger partial charge in [0.25, 0.3) is 0 Å². The van der Waals surface area contributed by atoms with Crippen LogP contribution in [-0.4, -0.2) is 73.6 Å². The van der Waals surface area contributed by atoms with E-state index in [4.69, 9.17) is 14.2 Å². The van der Waals surface area contributed by atoms with Gasteiger partial charge in [-0.3, -0.25) is 4.79 Å². The van der Waals surface area contributed by atoms with E-state index in [1.54, 1.807) is 33.6 Å². The number of carbonyl (C=O) groups is 1. The number of hydrogen-bond acceptors (Lipinski definition) is 8. The average molecular weight is 387 g/mol. The van der Waals surface area contributed by atoms with Gasteiger partial charge in [0.1, 0.15) is 11.5 Å². The molecule has 1 fully saturated rings. The molecule has 3 rings (SSSR count). The third kappa shape index (κ3) is 4.66. The Bertz CT molecular complexity index is 817. The number of ether oxygens (including phenoxy) is 3. The molecule has 1 aromatic carbocycles. The molecule has 1 aliphatic rings. The summed E-state index contributed by atoms with van der Waals surface area (Å²) in [6.07, 6.45) is 2.09. The first kappa shape index (κ1) is 19.8. The largest absolute Gasteiger partial charge is 0.497 e. The predicted octanol–water partition coefficient (Wildman–Crippen LogP) is 1.46. The molecule has 0 spiro atoms. The summed E-state index contributed by atoms with van der Waals surface area (Å²) < 4.78 is 15.7. The molecule has 28 heavy (non-hydrogen) atoms. The molecule has 0 radical (unpaired) electrons. The lowest BCUT2D eigenvalue weighted by Crippen LogP contribution is -2.29. The maximum Gasteiger partial charge on any atom is 0.243 e. The molecule has 0 saturated carbocycles. The van der Waals surface area contributed by atoms with Crippen LogP contribution in [0.15, 0.2) is 24.4 Å². The third-order valence-electron chi connectivity index (χ3n) is 4.65. The molecule has 1 saturated heterocycles. The monoisotopic (exact) mass is 387 g/mol. The Morgan fingerprint density at radius 3 is 2.86 bits per heavy atom. The SMILES string of the molecule is COCCN1CC(CNc2nncc(-c3ccc(OC)cc3OC)n2)CC1=O. The van der Waals surface area contributed by atoms with Crippen molar-refractivity contribution >= 4 is 11.9 Å². The van der Waals surface area contributed by atoms with Crippen LogP contribution < -0.4 is 14.8 Å². The Balaban J connectivity index is 1.65. The van der Waals surface area contributed by atoms with Gasteiger partial charge in [-0.05, 0) is 12.1 Å². The van der Waals surface area contributed by atoms with Crippen LogP contribution in [0.3, 0.4) is 0 Å². The van der Waals surface area contributed by atoms with Gasteiger partial charge in [-0.25, -0.2) is 4.98 Å². The lowest BCUT2D eigenvalue weighted by atomic mass is 10.1. The summed E-state index contributed by atoms with van der Waals surface area (Å²) in [4.78, 5) is 18.4. The van der Waals surface area contributed by atoms with Crippen molar-refractivity contribution in [2.24, 2.45) is 5.92 Å². The summed E-state index contributed by atoms with van der Waals surface area (Å²) in [5.74, 6) is 2.11. The topological polar surface area (TPSA) is 98.7 Å². The second-order valence-corrected chi connectivity index (χ2v) is 6.52. The lowest BCUT2D eigenvalue weighted by molar-refractivity contribution is -0.128. The van der Waals surface area contributed by atoms with E-state index in [0.717, 1.165) is 5.56 Å². The van der Waals surface area contributed by atoms with Crippen molar-refractivity contribution in [2.75, 3.05) is 52.9 Å². The highest BCUT2D eigenvalue weighted by atomic mass is 16.5. The number of aromatic nitrogens is 3. The van der Waals surface area contributed by atoms with Gasteiger partial charge in [-0.2, -0.15) is 5.10 Å². The summed E-state index contributed by atoms with van der Waals surface area (Å²) >= 11 is 0. The molecule has 9 heteroatoms. The summed E-state index contributed by atoms with van der Waals surface area (Å²) in [6.45, 7) is 2.47. The second-order valence-electron chi connectivity index (χ2n) is 6.52. The van der Waals surface area contributed by atoms with Crippen molar-refractivity contribution in [1.29, 1.82) is 0 Å². The third-order valence-corrected chi connectivity index (χ3v) is 4.65. The first-order chi connectivity index (χ1) is 13.6. The van der Waals surface area contributed by atoms with Gasteiger partial charge in [0.15, 0.2) is 0 Å². The molecular formula is C19H25N5O4. The predicted molar refractivity (Wildman–Crippen MR) is 103 cm³/mol. The normalized spacial score (nSPS) is 16.3. The highest BCUT2D eigenvalue weighted by Crippen LogP contribution is 2.32. The van der Waals surface area contributed by atoms with Crippen LogP contribution in [0.4, 0.5) is 5.95 Å². The molecule has 0 aliphatic carbocycles. The number of nitrogens with zero attached hydrogens (tertiary/aromatic N) is 4. The smallest absolute Gasteiger partial charge is 0.243 e. The lowest BCUT2D eigenvalue weighted by Gasteiger charge is -2.16. The molecule has 1 aromatic heterocycles. The van der Waals surface area contributed by atoms with Gasteiger partial charge in [0.05, 0.1) is 32.7 Å². The van der Waals surface area contributed by atoms with Crippen LogP contribution in [0.1, 0.15) is 6.42 Å². The molecular weight excluding hydrogens is 362 g/mol. The van der Waals surface area contributed by atoms with Crippen molar-refractivity contribution in [3.8, 4) is 22.8 Å². The molecule has 150 valence electrons. The highest BCUT2D eigenvalue weighted by molar-refractivity contribution is 5.78. The summed E-state index contributed by atoms with van der Waals surface area (Å²) in [6, 6.07) is 5.50. The molecule has 1 N–H and O–H groups in total. The van der Waals surface area contributed by atoms with E-state index in [-0.39, 0.29) is 11.8 Å². The van der Waals surface area contributed by atoms with E-state index in [1.165, 1.54) is 0 Å². The minimum Gasteiger partial charge on any atom is -0.497 e. The summed E-state index contributed by atoms with van der Waals surface area (Å²) in [7, 11) is 4.83. The van der Waals surface area contributed by atoms with Gasteiger partial charge in [-0.15, -0.1) is 5.10 Å². The number of hydrogen-bond donors (Lipinski definition) is 1. The van der Waals surface area contributed by atoms with Crippen LogP contribution in [-0.2, 0) is 9.53 Å². The zero-order chi connectivity index (χ0) is 19.9. The zero-order valence-corrected chi connectivity index (χ0v) is 16.3. The molecule has 1 amide bonds. The van der Waals surface area contributed by atoms with E-state index < -0.39 is 0 Å². The fourth-order valence-electron chi connectivity index (χ4n) is 3.16. The fraction of sp³-hybridized carbons (Fsp3) is 0.474. The summed E-state index contributed by atoms with van der Waals surface area (Å²) in [5.41, 5.74) is 1.43. The number of methoxy groups -OCH3 is 3. The standard InChI is InChI=1S/C19H25N5O4/c1-26-7-6-24-12-13(8-18(24)25)10-20-19-22-16(11-21-23-19)15-5-4-14(27-2)9-17(15)28-3/h4-5,9,11,13H,6-8,10,12H2,1-3H3,(H,20,22,23). The first-order valence-electron chi connectivity index (χ1n) is 9.07. The fourth-order valence-corrected chi connectivity index (χ4v) is 3.16. The van der Waals surface area contributed by atoms with Crippen LogP contribution in [0.2, 0.25) is 0 Å². The first-order valence-corrected chi connectivity index (χ1v) is 9.07. The van der Waals surface area contributed by atoms with Gasteiger partial charge < -0.3 is 24.4 Å². The maximum atomic E-state index is 12.0. The highest BCUT2D eigenvalue weighted by Gasteiger charge is 2.29. The molecule has 1 unspecified atom stereocenters. The number of anilines is 1. The molecule has 1 atom stereocenters. The number of amides is 1. The Kier molecular flexibility index (Phi) is 6.59. The number of carbonyl (C=O) groups excluding carboxylic acids is 1. The molecule has 9 nitrogen and oxygen atoms in total. The number of likely N-dealkylation sites (tertiary alicyclic amines) is 1. The minimum absolute atomic E-state index is 0.152. The van der Waals surface area contributed by atoms with E-state index in [0.29, 0.717) is 55.8 Å². The van der Waals surface area contributed by atoms with E-state index >= 15 is 0 Å². The van der Waals surface area contributed by atoms with Gasteiger partial charge in [-0.1, -0.05) is 0 Å². The van der Waals surface area contributed by atoms with E-state index in [2.05, 4.69) is 20.5 Å². The maximum absolute atomic E-state index is 12.0. The van der Waals surface area contributed by atoms with E-state index in [9.17, 15) is 4.79 Å². The average Bonchev–Trinajstić information content (AvgIpc) is 3.09. The van der Waals surface area contributed by atoms with Crippen LogP contribution in [0.5, 0.6) is 11.5 Å². The van der Waals surface area contributed by atoms with Crippen LogP contribution >= 0.6 is 0 Å². The minimum atomic E-state index is 0.152. The number of benzene rings is 1. The Labute approximate surface area is 164 Å². The van der Waals surface area contributed by atoms with Crippen molar-refractivity contribution in [3.05, 3.63) is 24.4 Å². The number of rotatable bonds is 9. The van der Waals surface area contributed by atoms with Gasteiger partial charge in [0.2, 0.25) is 11.9 Å². The summed E-state index contributed by atoms with van der Waals surface area (Å²) in [5, 5.41) is 11.3. The van der Waals surface area contributed by atoms with Crippen molar-refractivity contribution in [2.45, 2.75) is 6.42 Å². The van der Waals surface area contributed by atoms with E-state index in [1.807, 2.05) is 17.0 Å². The Morgan fingerprint density at radius 1 is 1.25 bits per heavy atom. The van der Waals surface area contributed by atoms with Gasteiger partial charge in [0, 0.05) is 50.7 Å². The number of nitrogens with one attached hydrogen (secondary N) is 1. The zero-order valence-electron chi connectivity index (χ0n) is 16.3. The van der Waals surface area contributed by atoms with Crippen molar-refractivity contribution in [3.63, 3.8) is 0 Å². The molecule has 2 aromatic rings. The van der Waals surface area contributed by atoms with Crippen molar-refractivity contribution in [1.82, 2.24) is 20.1 Å². The second kappa shape index (κ2) is 9.32. The van der Waals surface area contributed by atoms with Crippen LogP contribution in [0.25, 0.3) is 11.3 Å². The molecule has 1 aliphatic heterocycles. The Hall–Kier alpha value is -2.94. The molecule has 0 bridgehead atoms. The Morgan fingerprint density at radius 2 is 2.11 bits per heavy atom. The van der Waals surface area contributed by atoms with Crippen LogP contribution in [0, 0.1) is 5.92 Å². The van der Waals surface area contributed by atoms with Crippen molar-refractivity contribution < 1.29 is 19.0 Å². The quantitative estimate of drug-likeness (QED) is 0.691. The van der Waals surface area contributed by atoms with Gasteiger partial charge >= 0.3 is 0 Å².